The third-order valence-electron chi connectivity index (χ3n) is 3.02. The Labute approximate surface area is 94.4 Å². The van der Waals surface area contributed by atoms with Crippen LogP contribution >= 0.6 is 0 Å². The molecule has 0 aromatic heterocycles. The van der Waals surface area contributed by atoms with E-state index in [1.54, 1.807) is 13.8 Å². The molecule has 94 valence electrons. The van der Waals surface area contributed by atoms with Crippen LogP contribution in [0.5, 0.6) is 0 Å². The van der Waals surface area contributed by atoms with E-state index in [9.17, 15) is 13.6 Å². The highest BCUT2D eigenvalue weighted by molar-refractivity contribution is 5.79. The van der Waals surface area contributed by atoms with Crippen molar-refractivity contribution in [1.82, 2.24) is 4.90 Å². The normalized spacial score (nSPS) is 22.2. The Morgan fingerprint density at radius 3 is 2.56 bits per heavy atom. The summed E-state index contributed by atoms with van der Waals surface area (Å²) in [6, 6.07) is 0. The molecule has 0 spiro atoms. The average molecular weight is 235 g/mol. The van der Waals surface area contributed by atoms with Crippen LogP contribution in [0.15, 0.2) is 0 Å². The van der Waals surface area contributed by atoms with Crippen molar-refractivity contribution in [2.24, 2.45) is 11.8 Å². The van der Waals surface area contributed by atoms with Crippen LogP contribution in [-0.2, 0) is 4.79 Å². The summed E-state index contributed by atoms with van der Waals surface area (Å²) in [5.74, 6) is -3.72. The van der Waals surface area contributed by atoms with Gasteiger partial charge in [0.25, 0.3) is 5.92 Å². The van der Waals surface area contributed by atoms with Crippen LogP contribution < -0.4 is 0 Å². The number of aliphatic hydroxyl groups excluding tert-OH is 1. The molecule has 1 N–H and O–H groups in total. The number of nitrogens with zero attached hydrogens (tertiary/aromatic N) is 1. The maximum Gasteiger partial charge on any atom is 0.265 e. The van der Waals surface area contributed by atoms with Crippen molar-refractivity contribution < 1.29 is 18.7 Å². The number of piperidine rings is 1. The third kappa shape index (κ3) is 3.14. The summed E-state index contributed by atoms with van der Waals surface area (Å²) in [6.07, 6.45) is 0.178. The molecule has 1 atom stereocenters. The molecule has 0 saturated carbocycles. The predicted molar refractivity (Wildman–Crippen MR) is 56.2 cm³/mol. The highest BCUT2D eigenvalue weighted by Gasteiger charge is 2.39. The van der Waals surface area contributed by atoms with Gasteiger partial charge in [-0.1, -0.05) is 13.8 Å². The molecule has 0 radical (unpaired) electrons. The van der Waals surface area contributed by atoms with E-state index in [1.165, 1.54) is 4.90 Å². The van der Waals surface area contributed by atoms with E-state index in [2.05, 4.69) is 0 Å². The predicted octanol–water partition coefficient (Wildman–Crippen LogP) is 1.51. The van der Waals surface area contributed by atoms with Gasteiger partial charge in [-0.2, -0.15) is 0 Å². The molecule has 5 heteroatoms. The van der Waals surface area contributed by atoms with Gasteiger partial charge in [0.2, 0.25) is 5.91 Å². The van der Waals surface area contributed by atoms with Gasteiger partial charge in [-0.25, -0.2) is 8.78 Å². The first-order valence-corrected chi connectivity index (χ1v) is 5.65. The summed E-state index contributed by atoms with van der Waals surface area (Å²) in [5, 5.41) is 9.09. The zero-order valence-electron chi connectivity index (χ0n) is 9.75. The van der Waals surface area contributed by atoms with Gasteiger partial charge in [-0.3, -0.25) is 4.79 Å². The molecule has 3 nitrogen and oxygen atoms in total. The molecular formula is C11H19F2NO2. The Kier molecular flexibility index (Phi) is 4.24. The molecule has 1 amide bonds. The van der Waals surface area contributed by atoms with E-state index in [1.807, 2.05) is 0 Å². The number of halogens is 2. The number of carbonyl (C=O) groups is 1. The number of likely N-dealkylation sites (tertiary alicyclic amines) is 1. The number of rotatable bonds is 3. The zero-order valence-corrected chi connectivity index (χ0v) is 9.75. The lowest BCUT2D eigenvalue weighted by atomic mass is 9.94. The lowest BCUT2D eigenvalue weighted by Gasteiger charge is -2.35. The summed E-state index contributed by atoms with van der Waals surface area (Å²) >= 11 is 0. The van der Waals surface area contributed by atoms with Crippen molar-refractivity contribution in [2.45, 2.75) is 32.6 Å². The Hall–Kier alpha value is -0.710. The fraction of sp³-hybridized carbons (Fsp3) is 0.909. The highest BCUT2D eigenvalue weighted by Crippen LogP contribution is 2.28. The number of amides is 1. The fourth-order valence-corrected chi connectivity index (χ4v) is 1.96. The largest absolute Gasteiger partial charge is 0.396 e. The van der Waals surface area contributed by atoms with Gasteiger partial charge in [0, 0.05) is 13.0 Å². The van der Waals surface area contributed by atoms with Gasteiger partial charge < -0.3 is 10.0 Å². The van der Waals surface area contributed by atoms with Crippen molar-refractivity contribution in [3.05, 3.63) is 0 Å². The lowest BCUT2D eigenvalue weighted by Crippen LogP contribution is -2.49. The van der Waals surface area contributed by atoms with Gasteiger partial charge in [-0.15, -0.1) is 0 Å². The molecule has 1 aliphatic heterocycles. The first-order chi connectivity index (χ1) is 7.37. The topological polar surface area (TPSA) is 40.5 Å². The van der Waals surface area contributed by atoms with Crippen molar-refractivity contribution in [1.29, 1.82) is 0 Å². The minimum absolute atomic E-state index is 0.0342. The number of hydrogen-bond donors (Lipinski definition) is 1. The summed E-state index contributed by atoms with van der Waals surface area (Å²) in [7, 11) is 0. The van der Waals surface area contributed by atoms with Crippen LogP contribution in [0.25, 0.3) is 0 Å². The highest BCUT2D eigenvalue weighted by atomic mass is 19.3. The van der Waals surface area contributed by atoms with Gasteiger partial charge in [0.05, 0.1) is 19.1 Å². The van der Waals surface area contributed by atoms with E-state index in [-0.39, 0.29) is 24.9 Å². The second-order valence-electron chi connectivity index (χ2n) is 4.75. The molecule has 0 bridgehead atoms. The lowest BCUT2D eigenvalue weighted by molar-refractivity contribution is -0.148. The summed E-state index contributed by atoms with van der Waals surface area (Å²) in [4.78, 5) is 13.1. The first-order valence-electron chi connectivity index (χ1n) is 5.65. The molecule has 1 aliphatic rings. The van der Waals surface area contributed by atoms with Crippen molar-refractivity contribution in [3.63, 3.8) is 0 Å². The van der Waals surface area contributed by atoms with Gasteiger partial charge in [0.1, 0.15) is 0 Å². The molecule has 0 aromatic carbocycles. The molecular weight excluding hydrogens is 216 g/mol. The van der Waals surface area contributed by atoms with Crippen LogP contribution in [0, 0.1) is 11.8 Å². The van der Waals surface area contributed by atoms with E-state index in [4.69, 9.17) is 5.11 Å². The van der Waals surface area contributed by atoms with Gasteiger partial charge in [0.15, 0.2) is 0 Å². The van der Waals surface area contributed by atoms with Crippen LogP contribution in [0.3, 0.4) is 0 Å². The SMILES string of the molecule is CC(C)C(CO)C(=O)N1CCCC(F)(F)C1. The molecule has 1 fully saturated rings. The molecule has 1 rings (SSSR count). The Bertz CT molecular complexity index is 256. The van der Waals surface area contributed by atoms with Crippen LogP contribution in [0.2, 0.25) is 0 Å². The standard InChI is InChI=1S/C11H19F2NO2/c1-8(2)9(6-15)10(16)14-5-3-4-11(12,13)7-14/h8-9,15H,3-7H2,1-2H3. The zero-order chi connectivity index (χ0) is 12.3. The van der Waals surface area contributed by atoms with Crippen molar-refractivity contribution in [3.8, 4) is 0 Å². The molecule has 0 aromatic rings. The summed E-state index contributed by atoms with van der Waals surface area (Å²) in [5.41, 5.74) is 0. The third-order valence-corrected chi connectivity index (χ3v) is 3.02. The van der Waals surface area contributed by atoms with E-state index < -0.39 is 18.4 Å². The Balaban J connectivity index is 2.66. The average Bonchev–Trinajstić information content (AvgIpc) is 2.16. The minimum Gasteiger partial charge on any atom is -0.396 e. The molecule has 16 heavy (non-hydrogen) atoms. The quantitative estimate of drug-likeness (QED) is 0.805. The maximum absolute atomic E-state index is 13.1. The van der Waals surface area contributed by atoms with E-state index >= 15 is 0 Å². The number of hydrogen-bond acceptors (Lipinski definition) is 2. The van der Waals surface area contributed by atoms with Crippen molar-refractivity contribution >= 4 is 5.91 Å². The minimum atomic E-state index is -2.77. The van der Waals surface area contributed by atoms with Crippen LogP contribution in [0.4, 0.5) is 8.78 Å². The molecule has 0 aliphatic carbocycles. The Morgan fingerprint density at radius 1 is 1.50 bits per heavy atom. The number of carbonyl (C=O) groups excluding carboxylic acids is 1. The monoisotopic (exact) mass is 235 g/mol. The van der Waals surface area contributed by atoms with Crippen molar-refractivity contribution in [2.75, 3.05) is 19.7 Å². The van der Waals surface area contributed by atoms with Crippen LogP contribution in [0.1, 0.15) is 26.7 Å². The molecule has 1 unspecified atom stereocenters. The summed E-state index contributed by atoms with van der Waals surface area (Å²) in [6.45, 7) is 3.20. The Morgan fingerprint density at radius 2 is 2.12 bits per heavy atom. The van der Waals surface area contributed by atoms with Gasteiger partial charge in [-0.05, 0) is 12.3 Å². The van der Waals surface area contributed by atoms with Crippen LogP contribution in [-0.4, -0.2) is 41.5 Å². The molecule has 1 heterocycles. The second-order valence-corrected chi connectivity index (χ2v) is 4.75. The van der Waals surface area contributed by atoms with Gasteiger partial charge >= 0.3 is 0 Å². The summed E-state index contributed by atoms with van der Waals surface area (Å²) < 4.78 is 26.3. The second kappa shape index (κ2) is 5.08. The fourth-order valence-electron chi connectivity index (χ4n) is 1.96. The smallest absolute Gasteiger partial charge is 0.265 e. The number of alkyl halides is 2. The number of aliphatic hydroxyl groups is 1. The first kappa shape index (κ1) is 13.4. The molecule has 1 saturated heterocycles. The van der Waals surface area contributed by atoms with E-state index in [0.717, 1.165) is 0 Å². The maximum atomic E-state index is 13.1. The van der Waals surface area contributed by atoms with E-state index in [0.29, 0.717) is 13.0 Å².